The first-order valence-corrected chi connectivity index (χ1v) is 18.2. The lowest BCUT2D eigenvalue weighted by molar-refractivity contribution is -0.375. The van der Waals surface area contributed by atoms with E-state index in [2.05, 4.69) is 5.32 Å². The van der Waals surface area contributed by atoms with E-state index in [1.165, 1.54) is 0 Å². The van der Waals surface area contributed by atoms with E-state index in [-0.39, 0.29) is 0 Å². The van der Waals surface area contributed by atoms with Crippen molar-refractivity contribution in [2.45, 2.75) is 159 Å². The maximum atomic E-state index is 11.3. The van der Waals surface area contributed by atoms with Gasteiger partial charge >= 0.3 is 0 Å². The minimum atomic E-state index is -2.04. The predicted octanol–water partition coefficient (Wildman–Crippen LogP) is -12.6. The zero-order valence-electron chi connectivity index (χ0n) is 29.8. The maximum absolute atomic E-state index is 11.3. The fourth-order valence-electron chi connectivity index (χ4n) is 8.10. The molecule has 6 rings (SSSR count). The smallest absolute Gasteiger partial charge is 0.187 e. The van der Waals surface area contributed by atoms with Crippen molar-refractivity contribution in [2.75, 3.05) is 33.0 Å². The van der Waals surface area contributed by atoms with Gasteiger partial charge in [0.15, 0.2) is 25.2 Å². The lowest BCUT2D eigenvalue weighted by Gasteiger charge is -2.49. The summed E-state index contributed by atoms with van der Waals surface area (Å²) in [5, 5.41) is 180. The summed E-state index contributed by atoms with van der Waals surface area (Å²) in [5.74, 6) is 0. The van der Waals surface area contributed by atoms with Crippen molar-refractivity contribution in [1.29, 1.82) is 0 Å². The fraction of sp³-hybridized carbons (Fsp3) is 1.00. The van der Waals surface area contributed by atoms with Crippen LogP contribution in [0.3, 0.4) is 0 Å². The van der Waals surface area contributed by atoms with Crippen LogP contribution >= 0.6 is 0 Å². The van der Waals surface area contributed by atoms with E-state index in [0.29, 0.717) is 0 Å². The summed E-state index contributed by atoms with van der Waals surface area (Å²) >= 11 is 0. The quantitative estimate of drug-likeness (QED) is 0.0766. The molecule has 26 unspecified atom stereocenters. The molecule has 5 aliphatic heterocycles. The van der Waals surface area contributed by atoms with E-state index in [1.807, 2.05) is 0 Å². The van der Waals surface area contributed by atoms with Crippen LogP contribution < -0.4 is 5.32 Å². The molecule has 0 bridgehead atoms. The van der Waals surface area contributed by atoms with Gasteiger partial charge in [0.05, 0.1) is 45.1 Å². The molecule has 5 saturated heterocycles. The zero-order chi connectivity index (χ0) is 41.8. The monoisotopic (exact) mass is 839 g/mol. The minimum absolute atomic E-state index is 0.796. The minimum Gasteiger partial charge on any atom is -0.394 e. The fourth-order valence-corrected chi connectivity index (χ4v) is 8.10. The topological polar surface area (TPSA) is 433 Å². The molecule has 0 aromatic rings. The molecular weight excluding hydrogens is 786 g/mol. The van der Waals surface area contributed by atoms with Crippen molar-refractivity contribution < 1.29 is 125 Å². The molecule has 332 valence electrons. The molecule has 0 radical (unpaired) electrons. The van der Waals surface area contributed by atoms with Gasteiger partial charge in [-0.3, -0.25) is 0 Å². The van der Waals surface area contributed by atoms with Gasteiger partial charge in [0.2, 0.25) is 0 Å². The van der Waals surface area contributed by atoms with Crippen LogP contribution in [0, 0.1) is 0 Å². The Morgan fingerprint density at radius 3 is 1.44 bits per heavy atom. The lowest BCUT2D eigenvalue weighted by Crippen LogP contribution is -2.72. The molecule has 0 aromatic carbocycles. The van der Waals surface area contributed by atoms with Crippen LogP contribution in [0.2, 0.25) is 0 Å². The van der Waals surface area contributed by atoms with Crippen LogP contribution in [-0.2, 0) is 37.9 Å². The Balaban J connectivity index is 1.11. The Bertz CT molecular complexity index is 1300. The molecule has 57 heavy (non-hydrogen) atoms. The van der Waals surface area contributed by atoms with Crippen LogP contribution in [0.5, 0.6) is 0 Å². The Kier molecular flexibility index (Phi) is 14.5. The molecule has 6 fully saturated rings. The van der Waals surface area contributed by atoms with E-state index >= 15 is 0 Å². The number of ether oxygens (including phenoxy) is 8. The van der Waals surface area contributed by atoms with Gasteiger partial charge in [0.1, 0.15) is 122 Å². The highest BCUT2D eigenvalue weighted by molar-refractivity contribution is 5.23. The van der Waals surface area contributed by atoms with Crippen LogP contribution in [0.25, 0.3) is 0 Å². The highest BCUT2D eigenvalue weighted by atomic mass is 16.8. The summed E-state index contributed by atoms with van der Waals surface area (Å²) < 4.78 is 44.1. The van der Waals surface area contributed by atoms with E-state index in [4.69, 9.17) is 37.9 Å². The van der Waals surface area contributed by atoms with Gasteiger partial charge in [0.25, 0.3) is 0 Å². The molecule has 6 aliphatic rings. The van der Waals surface area contributed by atoms with Crippen molar-refractivity contribution in [3.63, 3.8) is 0 Å². The second-order valence-corrected chi connectivity index (χ2v) is 14.9. The summed E-state index contributed by atoms with van der Waals surface area (Å²) in [6, 6.07) is -2.87. The lowest BCUT2D eigenvalue weighted by atomic mass is 9.78. The molecule has 18 N–H and O–H groups in total. The third kappa shape index (κ3) is 8.22. The van der Waals surface area contributed by atoms with Crippen molar-refractivity contribution in [3.05, 3.63) is 0 Å². The molecule has 26 atom stereocenters. The molecule has 1 aliphatic carbocycles. The van der Waals surface area contributed by atoms with E-state index in [0.717, 1.165) is 0 Å². The Labute approximate surface area is 322 Å². The van der Waals surface area contributed by atoms with Crippen LogP contribution in [0.15, 0.2) is 0 Å². The number of fused-ring (bicyclic) bond motifs is 1. The van der Waals surface area contributed by atoms with E-state index < -0.39 is 192 Å². The average Bonchev–Trinajstić information content (AvgIpc) is 3.95. The van der Waals surface area contributed by atoms with Crippen LogP contribution in [0.1, 0.15) is 0 Å². The molecule has 0 amide bonds. The molecule has 1 saturated carbocycles. The summed E-state index contributed by atoms with van der Waals surface area (Å²) in [5.41, 5.74) is -1.80. The van der Waals surface area contributed by atoms with Gasteiger partial charge in [-0.05, 0) is 0 Å². The van der Waals surface area contributed by atoms with Gasteiger partial charge in [0, 0.05) is 0 Å². The molecule has 5 heterocycles. The summed E-state index contributed by atoms with van der Waals surface area (Å²) in [7, 11) is 0. The highest BCUT2D eigenvalue weighted by Crippen LogP contribution is 2.50. The molecular formula is C31H53NO25. The van der Waals surface area contributed by atoms with Crippen molar-refractivity contribution in [3.8, 4) is 0 Å². The Morgan fingerprint density at radius 1 is 0.421 bits per heavy atom. The van der Waals surface area contributed by atoms with Gasteiger partial charge in [-0.1, -0.05) is 0 Å². The van der Waals surface area contributed by atoms with Crippen molar-refractivity contribution >= 4 is 0 Å². The predicted molar refractivity (Wildman–Crippen MR) is 171 cm³/mol. The van der Waals surface area contributed by atoms with Crippen molar-refractivity contribution in [1.82, 2.24) is 5.32 Å². The third-order valence-corrected chi connectivity index (χ3v) is 11.5. The number of epoxide rings is 1. The van der Waals surface area contributed by atoms with Gasteiger partial charge in [-0.15, -0.1) is 0 Å². The zero-order valence-corrected chi connectivity index (χ0v) is 29.8. The van der Waals surface area contributed by atoms with E-state index in [9.17, 15) is 86.8 Å². The van der Waals surface area contributed by atoms with Crippen molar-refractivity contribution in [2.24, 2.45) is 0 Å². The Morgan fingerprint density at radius 2 is 0.877 bits per heavy atom. The van der Waals surface area contributed by atoms with Crippen LogP contribution in [0.4, 0.5) is 0 Å². The standard InChI is InChI=1S/C31H53NO25/c33-1-6-10(32-11-14(40)18(44)26(31(5-37)25(11)57-31)56-30-21(47)15(41)12(38)7(2-34)52-30)13(39)20(46)28(51-6)55-24-9(4-36)53-29(22(48)17(24)43)54-23-8(3-35)50-27(49)19(45)16(23)42/h6-30,32-49H,1-5H2. The number of hydrogen-bond donors (Lipinski definition) is 18. The second kappa shape index (κ2) is 18.1. The third-order valence-electron chi connectivity index (χ3n) is 11.5. The van der Waals surface area contributed by atoms with Gasteiger partial charge < -0.3 is 130 Å². The Hall–Kier alpha value is -1.04. The number of hydrogen-bond acceptors (Lipinski definition) is 26. The average molecular weight is 840 g/mol. The second-order valence-electron chi connectivity index (χ2n) is 14.9. The summed E-state index contributed by atoms with van der Waals surface area (Å²) in [4.78, 5) is 0. The maximum Gasteiger partial charge on any atom is 0.187 e. The first kappa shape index (κ1) is 45.5. The van der Waals surface area contributed by atoms with E-state index in [1.54, 1.807) is 0 Å². The number of nitrogens with one attached hydrogen (secondary N) is 1. The normalized spacial score (nSPS) is 55.6. The molecule has 0 aromatic heterocycles. The van der Waals surface area contributed by atoms with Gasteiger partial charge in [-0.25, -0.2) is 0 Å². The summed E-state index contributed by atoms with van der Waals surface area (Å²) in [6.45, 7) is -4.31. The number of aliphatic hydroxyl groups is 17. The SMILES string of the molecule is OCC1OC(OC2C(O)C(O)C(NC3C(CO)OC(OC4C(CO)OC(OC5C(CO)OC(O)C(O)C5O)C(O)C4O)C(O)C3O)C3OC23CO)C(O)C(O)C1O. The largest absolute Gasteiger partial charge is 0.394 e. The molecule has 26 nitrogen and oxygen atoms in total. The highest BCUT2D eigenvalue weighted by Gasteiger charge is 2.73. The molecule has 26 heteroatoms. The first-order valence-electron chi connectivity index (χ1n) is 18.2. The first-order chi connectivity index (χ1) is 27.0. The number of aliphatic hydroxyl groups excluding tert-OH is 17. The number of rotatable bonds is 13. The molecule has 0 spiro atoms. The summed E-state index contributed by atoms with van der Waals surface area (Å²) in [6.07, 6.45) is -40.7. The van der Waals surface area contributed by atoms with Crippen LogP contribution in [-0.4, -0.2) is 279 Å². The van der Waals surface area contributed by atoms with Gasteiger partial charge in [-0.2, -0.15) is 0 Å².